The van der Waals surface area contributed by atoms with Gasteiger partial charge in [0.2, 0.25) is 0 Å². The number of non-ortho nitro benzene ring substituents is 1. The van der Waals surface area contributed by atoms with E-state index in [9.17, 15) is 14.9 Å². The molecule has 0 aliphatic carbocycles. The molecule has 1 fully saturated rings. The lowest BCUT2D eigenvalue weighted by Gasteiger charge is -2.31. The first-order valence-electron chi connectivity index (χ1n) is 7.16. The highest BCUT2D eigenvalue weighted by Crippen LogP contribution is 2.21. The molecule has 0 aromatic heterocycles. The zero-order valence-electron chi connectivity index (χ0n) is 12.2. The fourth-order valence-corrected chi connectivity index (χ4v) is 2.52. The van der Waals surface area contributed by atoms with Gasteiger partial charge in [-0.15, -0.1) is 6.42 Å². The van der Waals surface area contributed by atoms with Crippen LogP contribution in [-0.4, -0.2) is 42.0 Å². The smallest absolute Gasteiger partial charge is 0.270 e. The third kappa shape index (κ3) is 4.06. The number of terminal acetylenes is 1. The molecule has 1 aliphatic heterocycles. The van der Waals surface area contributed by atoms with Crippen LogP contribution in [0.2, 0.25) is 0 Å². The number of benzene rings is 1. The van der Waals surface area contributed by atoms with E-state index in [2.05, 4.69) is 5.92 Å². The van der Waals surface area contributed by atoms with Gasteiger partial charge in [0.05, 0.1) is 11.5 Å². The van der Waals surface area contributed by atoms with Crippen molar-refractivity contribution in [2.24, 2.45) is 5.92 Å². The van der Waals surface area contributed by atoms with Crippen LogP contribution >= 0.6 is 0 Å². The van der Waals surface area contributed by atoms with Gasteiger partial charge in [0.1, 0.15) is 6.61 Å². The van der Waals surface area contributed by atoms with Crippen molar-refractivity contribution in [2.75, 3.05) is 26.3 Å². The van der Waals surface area contributed by atoms with Crippen molar-refractivity contribution < 1.29 is 14.5 Å². The third-order valence-corrected chi connectivity index (χ3v) is 3.74. The summed E-state index contributed by atoms with van der Waals surface area (Å²) >= 11 is 0. The quantitative estimate of drug-likeness (QED) is 0.361. The zero-order chi connectivity index (χ0) is 15.9. The number of piperidine rings is 1. The molecule has 2 rings (SSSR count). The van der Waals surface area contributed by atoms with Gasteiger partial charge >= 0.3 is 0 Å². The average molecular weight is 302 g/mol. The third-order valence-electron chi connectivity index (χ3n) is 3.74. The molecule has 0 spiro atoms. The van der Waals surface area contributed by atoms with E-state index in [0.717, 1.165) is 12.8 Å². The molecular formula is C16H18N2O4. The molecule has 1 amide bonds. The Morgan fingerprint density at radius 2 is 2.18 bits per heavy atom. The summed E-state index contributed by atoms with van der Waals surface area (Å²) in [5.41, 5.74) is 0.291. The first kappa shape index (κ1) is 16.0. The number of carbonyl (C=O) groups excluding carboxylic acids is 1. The van der Waals surface area contributed by atoms with Crippen molar-refractivity contribution in [3.63, 3.8) is 0 Å². The lowest BCUT2D eigenvalue weighted by Crippen LogP contribution is -2.39. The van der Waals surface area contributed by atoms with E-state index in [1.54, 1.807) is 11.0 Å². The Bertz CT molecular complexity index is 586. The predicted molar refractivity (Wildman–Crippen MR) is 81.4 cm³/mol. The van der Waals surface area contributed by atoms with Crippen LogP contribution in [0.25, 0.3) is 0 Å². The molecule has 1 aromatic carbocycles. The minimum Gasteiger partial charge on any atom is -0.369 e. The van der Waals surface area contributed by atoms with Crippen molar-refractivity contribution in [1.29, 1.82) is 0 Å². The summed E-state index contributed by atoms with van der Waals surface area (Å²) in [7, 11) is 0. The van der Waals surface area contributed by atoms with Crippen LogP contribution in [0.1, 0.15) is 23.2 Å². The number of likely N-dealkylation sites (tertiary alicyclic amines) is 1. The number of ether oxygens (including phenoxy) is 1. The van der Waals surface area contributed by atoms with E-state index in [-0.39, 0.29) is 11.6 Å². The molecule has 1 heterocycles. The Kier molecular flexibility index (Phi) is 5.50. The highest BCUT2D eigenvalue weighted by Gasteiger charge is 2.24. The monoisotopic (exact) mass is 302 g/mol. The number of amides is 1. The van der Waals surface area contributed by atoms with Gasteiger partial charge in [-0.25, -0.2) is 0 Å². The summed E-state index contributed by atoms with van der Waals surface area (Å²) < 4.78 is 5.33. The Morgan fingerprint density at radius 1 is 1.45 bits per heavy atom. The molecule has 0 bridgehead atoms. The summed E-state index contributed by atoms with van der Waals surface area (Å²) in [4.78, 5) is 24.4. The maximum absolute atomic E-state index is 12.4. The molecule has 0 N–H and O–H groups in total. The molecule has 0 radical (unpaired) electrons. The largest absolute Gasteiger partial charge is 0.369 e. The second-order valence-electron chi connectivity index (χ2n) is 5.26. The van der Waals surface area contributed by atoms with E-state index in [1.807, 2.05) is 0 Å². The molecule has 0 atom stereocenters. The molecule has 1 aliphatic rings. The average Bonchev–Trinajstić information content (AvgIpc) is 2.55. The number of nitro groups is 1. The maximum Gasteiger partial charge on any atom is 0.270 e. The predicted octanol–water partition coefficient (Wildman–Crippen LogP) is 2.10. The number of hydrogen-bond acceptors (Lipinski definition) is 4. The van der Waals surface area contributed by atoms with Crippen LogP contribution < -0.4 is 0 Å². The molecule has 6 heteroatoms. The Balaban J connectivity index is 1.91. The lowest BCUT2D eigenvalue weighted by molar-refractivity contribution is -0.384. The minimum absolute atomic E-state index is 0.0663. The van der Waals surface area contributed by atoms with Crippen molar-refractivity contribution in [1.82, 2.24) is 4.90 Å². The van der Waals surface area contributed by atoms with Crippen LogP contribution in [0.4, 0.5) is 5.69 Å². The number of rotatable bonds is 5. The first-order chi connectivity index (χ1) is 10.6. The first-order valence-corrected chi connectivity index (χ1v) is 7.16. The van der Waals surface area contributed by atoms with Gasteiger partial charge in [0.15, 0.2) is 0 Å². The second-order valence-corrected chi connectivity index (χ2v) is 5.26. The fourth-order valence-electron chi connectivity index (χ4n) is 2.52. The summed E-state index contributed by atoms with van der Waals surface area (Å²) in [6.07, 6.45) is 6.83. The van der Waals surface area contributed by atoms with E-state index in [1.165, 1.54) is 18.2 Å². The van der Waals surface area contributed by atoms with Gasteiger partial charge in [-0.3, -0.25) is 14.9 Å². The van der Waals surface area contributed by atoms with Crippen LogP contribution in [0.3, 0.4) is 0 Å². The van der Waals surface area contributed by atoms with Crippen molar-refractivity contribution >= 4 is 11.6 Å². The summed E-state index contributed by atoms with van der Waals surface area (Å²) in [6.45, 7) is 2.19. The Hall–Kier alpha value is -2.39. The highest BCUT2D eigenvalue weighted by molar-refractivity contribution is 5.94. The second kappa shape index (κ2) is 7.57. The summed E-state index contributed by atoms with van der Waals surface area (Å²) in [6, 6.07) is 5.85. The molecular weight excluding hydrogens is 284 g/mol. The van der Waals surface area contributed by atoms with E-state index in [0.29, 0.717) is 37.8 Å². The van der Waals surface area contributed by atoms with Gasteiger partial charge in [-0.05, 0) is 24.8 Å². The van der Waals surface area contributed by atoms with Crippen LogP contribution in [0.5, 0.6) is 0 Å². The molecule has 116 valence electrons. The Labute approximate surface area is 129 Å². The van der Waals surface area contributed by atoms with Gasteiger partial charge in [-0.2, -0.15) is 0 Å². The SMILES string of the molecule is C#CCOCC1CCN(C(=O)c2cccc([N+](=O)[O-])c2)CC1. The molecule has 1 aromatic rings. The number of hydrogen-bond donors (Lipinski definition) is 0. The number of carbonyl (C=O) groups is 1. The van der Waals surface area contributed by atoms with Crippen LogP contribution in [0, 0.1) is 28.4 Å². The minimum atomic E-state index is -0.494. The van der Waals surface area contributed by atoms with Crippen molar-refractivity contribution in [3.8, 4) is 12.3 Å². The van der Waals surface area contributed by atoms with Crippen molar-refractivity contribution in [2.45, 2.75) is 12.8 Å². The van der Waals surface area contributed by atoms with Gasteiger partial charge in [0, 0.05) is 30.8 Å². The summed E-state index contributed by atoms with van der Waals surface area (Å²) in [5.74, 6) is 2.67. The van der Waals surface area contributed by atoms with Crippen molar-refractivity contribution in [3.05, 3.63) is 39.9 Å². The molecule has 22 heavy (non-hydrogen) atoms. The van der Waals surface area contributed by atoms with E-state index >= 15 is 0 Å². The topological polar surface area (TPSA) is 72.7 Å². The molecule has 0 saturated carbocycles. The zero-order valence-corrected chi connectivity index (χ0v) is 12.2. The number of nitro benzene ring substituents is 1. The molecule has 1 saturated heterocycles. The van der Waals surface area contributed by atoms with Gasteiger partial charge in [0.25, 0.3) is 11.6 Å². The fraction of sp³-hybridized carbons (Fsp3) is 0.438. The Morgan fingerprint density at radius 3 is 2.82 bits per heavy atom. The van der Waals surface area contributed by atoms with Gasteiger partial charge < -0.3 is 9.64 Å². The number of nitrogens with zero attached hydrogens (tertiary/aromatic N) is 2. The normalized spacial score (nSPS) is 15.3. The lowest BCUT2D eigenvalue weighted by atomic mass is 9.97. The van der Waals surface area contributed by atoms with E-state index in [4.69, 9.17) is 11.2 Å². The van der Waals surface area contributed by atoms with Crippen LogP contribution in [0.15, 0.2) is 24.3 Å². The molecule has 6 nitrogen and oxygen atoms in total. The maximum atomic E-state index is 12.4. The van der Waals surface area contributed by atoms with E-state index < -0.39 is 4.92 Å². The highest BCUT2D eigenvalue weighted by atomic mass is 16.6. The van der Waals surface area contributed by atoms with Gasteiger partial charge in [-0.1, -0.05) is 12.0 Å². The van der Waals surface area contributed by atoms with Crippen LogP contribution in [-0.2, 0) is 4.74 Å². The standard InChI is InChI=1S/C16H18N2O4/c1-2-10-22-12-13-6-8-17(9-7-13)16(19)14-4-3-5-15(11-14)18(20)21/h1,3-5,11,13H,6-10,12H2. The molecule has 0 unspecified atom stereocenters. The summed E-state index contributed by atoms with van der Waals surface area (Å²) in [5, 5.41) is 10.8.